The Labute approximate surface area is 122 Å². The van der Waals surface area contributed by atoms with Gasteiger partial charge >= 0.3 is 0 Å². The van der Waals surface area contributed by atoms with E-state index in [4.69, 9.17) is 8.74 Å². The van der Waals surface area contributed by atoms with Crippen molar-refractivity contribution in [3.05, 3.63) is 60.2 Å². The first-order valence-corrected chi connectivity index (χ1v) is 8.65. The van der Waals surface area contributed by atoms with E-state index in [9.17, 15) is 16.8 Å². The second-order valence-electron chi connectivity index (χ2n) is 4.15. The first-order valence-electron chi connectivity index (χ1n) is 5.80. The van der Waals surface area contributed by atoms with Gasteiger partial charge in [0.2, 0.25) is 0 Å². The Morgan fingerprint density at radius 1 is 0.810 bits per heavy atom. The topological polar surface area (TPSA) is 97.7 Å². The predicted molar refractivity (Wildman–Crippen MR) is 74.7 cm³/mol. The molecule has 0 aromatic heterocycles. The highest BCUT2D eigenvalue weighted by atomic mass is 32.2. The van der Waals surface area contributed by atoms with Crippen LogP contribution in [-0.2, 0) is 31.0 Å². The lowest BCUT2D eigenvalue weighted by molar-refractivity contribution is 0.308. The average molecular weight is 328 g/mol. The summed E-state index contributed by atoms with van der Waals surface area (Å²) in [5.41, 5.74) is 0.460. The number of benzene rings is 2. The van der Waals surface area contributed by atoms with Crippen LogP contribution in [0.25, 0.3) is 0 Å². The van der Waals surface area contributed by atoms with E-state index in [1.54, 1.807) is 18.2 Å². The van der Waals surface area contributed by atoms with Crippen molar-refractivity contribution in [2.75, 3.05) is 0 Å². The smallest absolute Gasteiger partial charge is 0.282 e. The van der Waals surface area contributed by atoms with Crippen LogP contribution in [0.1, 0.15) is 5.56 Å². The van der Waals surface area contributed by atoms with E-state index in [-0.39, 0.29) is 16.4 Å². The van der Waals surface area contributed by atoms with E-state index >= 15 is 0 Å². The lowest BCUT2D eigenvalue weighted by Crippen LogP contribution is -2.06. The molecule has 0 atom stereocenters. The van der Waals surface area contributed by atoms with E-state index in [1.807, 2.05) is 0 Å². The minimum absolute atomic E-state index is 0.0413. The van der Waals surface area contributed by atoms with Crippen LogP contribution in [0.4, 0.5) is 0 Å². The summed E-state index contributed by atoms with van der Waals surface area (Å²) in [5, 5.41) is 0. The molecule has 0 unspecified atom stereocenters. The molecule has 0 amide bonds. The summed E-state index contributed by atoms with van der Waals surface area (Å²) < 4.78 is 59.2. The van der Waals surface area contributed by atoms with E-state index in [0.29, 0.717) is 5.56 Å². The molecular weight excluding hydrogens is 316 g/mol. The van der Waals surface area contributed by atoms with Crippen LogP contribution in [-0.4, -0.2) is 21.4 Å². The minimum atomic E-state index is -4.26. The van der Waals surface area contributed by atoms with Crippen LogP contribution in [0.5, 0.6) is 0 Å². The highest BCUT2D eigenvalue weighted by Gasteiger charge is 2.15. The fourth-order valence-corrected chi connectivity index (χ4v) is 2.96. The summed E-state index contributed by atoms with van der Waals surface area (Å²) in [7, 11) is -8.13. The number of rotatable bonds is 5. The Hall–Kier alpha value is -1.74. The molecule has 0 aliphatic carbocycles. The van der Waals surface area contributed by atoms with E-state index in [2.05, 4.69) is 0 Å². The molecule has 1 N–H and O–H groups in total. The highest BCUT2D eigenvalue weighted by Crippen LogP contribution is 2.15. The Kier molecular flexibility index (Phi) is 4.43. The van der Waals surface area contributed by atoms with Crippen molar-refractivity contribution < 1.29 is 25.6 Å². The molecule has 6 nitrogen and oxygen atoms in total. The van der Waals surface area contributed by atoms with Gasteiger partial charge in [0.15, 0.2) is 0 Å². The fourth-order valence-electron chi connectivity index (χ4n) is 1.56. The van der Waals surface area contributed by atoms with Crippen molar-refractivity contribution in [2.45, 2.75) is 16.4 Å². The van der Waals surface area contributed by atoms with Gasteiger partial charge in [-0.2, -0.15) is 16.8 Å². The molecule has 0 heterocycles. The SMILES string of the molecule is O=S(=O)(O)c1ccc(COS(=O)(=O)c2ccccc2)cc1. The first kappa shape index (κ1) is 15.6. The standard InChI is InChI=1S/C13H12O6S2/c14-20(15,16)12-8-6-11(7-9-12)10-19-21(17,18)13-4-2-1-3-5-13/h1-9H,10H2,(H,14,15,16). The third-order valence-corrected chi connectivity index (χ3v) is 4.78. The second kappa shape index (κ2) is 5.94. The molecule has 0 radical (unpaired) electrons. The van der Waals surface area contributed by atoms with Gasteiger partial charge in [0.1, 0.15) is 0 Å². The molecular formula is C13H12O6S2. The molecule has 8 heteroatoms. The molecule has 0 aliphatic rings. The summed E-state index contributed by atoms with van der Waals surface area (Å²) in [6.07, 6.45) is 0. The molecule has 21 heavy (non-hydrogen) atoms. The quantitative estimate of drug-likeness (QED) is 0.664. The molecule has 0 spiro atoms. The minimum Gasteiger partial charge on any atom is -0.282 e. The van der Waals surface area contributed by atoms with Crippen molar-refractivity contribution >= 4 is 20.2 Å². The maximum absolute atomic E-state index is 11.9. The Morgan fingerprint density at radius 2 is 1.38 bits per heavy atom. The lowest BCUT2D eigenvalue weighted by Gasteiger charge is -2.06. The molecule has 2 aromatic rings. The normalized spacial score (nSPS) is 12.2. The van der Waals surface area contributed by atoms with Crippen molar-refractivity contribution in [3.63, 3.8) is 0 Å². The first-order chi connectivity index (χ1) is 9.79. The Balaban J connectivity index is 2.10. The monoisotopic (exact) mass is 328 g/mol. The van der Waals surface area contributed by atoms with Crippen LogP contribution < -0.4 is 0 Å². The van der Waals surface area contributed by atoms with Gasteiger partial charge < -0.3 is 0 Å². The zero-order chi connectivity index (χ0) is 15.5. The van der Waals surface area contributed by atoms with Gasteiger partial charge in [0, 0.05) is 0 Å². The molecule has 2 rings (SSSR count). The van der Waals surface area contributed by atoms with Crippen LogP contribution in [0.3, 0.4) is 0 Å². The molecule has 0 fully saturated rings. The fraction of sp³-hybridized carbons (Fsp3) is 0.0769. The third kappa shape index (κ3) is 4.11. The van der Waals surface area contributed by atoms with Crippen molar-refractivity contribution in [1.29, 1.82) is 0 Å². The van der Waals surface area contributed by atoms with Crippen molar-refractivity contribution in [1.82, 2.24) is 0 Å². The van der Waals surface area contributed by atoms with E-state index in [1.165, 1.54) is 36.4 Å². The molecule has 0 saturated heterocycles. The van der Waals surface area contributed by atoms with E-state index < -0.39 is 20.2 Å². The van der Waals surface area contributed by atoms with Crippen LogP contribution in [0.15, 0.2) is 64.4 Å². The zero-order valence-electron chi connectivity index (χ0n) is 10.7. The van der Waals surface area contributed by atoms with Crippen molar-refractivity contribution in [2.24, 2.45) is 0 Å². The molecule has 112 valence electrons. The van der Waals surface area contributed by atoms with Gasteiger partial charge in [0.05, 0.1) is 16.4 Å². The van der Waals surface area contributed by atoms with Crippen molar-refractivity contribution in [3.8, 4) is 0 Å². The lowest BCUT2D eigenvalue weighted by atomic mass is 10.2. The van der Waals surface area contributed by atoms with Gasteiger partial charge in [-0.15, -0.1) is 0 Å². The number of hydrogen-bond acceptors (Lipinski definition) is 5. The van der Waals surface area contributed by atoms with Crippen LogP contribution >= 0.6 is 0 Å². The molecule has 0 saturated carbocycles. The van der Waals surface area contributed by atoms with Crippen LogP contribution in [0.2, 0.25) is 0 Å². The highest BCUT2D eigenvalue weighted by molar-refractivity contribution is 7.86. The summed E-state index contributed by atoms with van der Waals surface area (Å²) >= 11 is 0. The summed E-state index contributed by atoms with van der Waals surface area (Å²) in [4.78, 5) is -0.225. The summed E-state index contributed by atoms with van der Waals surface area (Å²) in [5.74, 6) is 0. The van der Waals surface area contributed by atoms with Gasteiger partial charge in [-0.3, -0.25) is 8.74 Å². The summed E-state index contributed by atoms with van der Waals surface area (Å²) in [6.45, 7) is -0.233. The molecule has 0 aliphatic heterocycles. The largest absolute Gasteiger partial charge is 0.297 e. The average Bonchev–Trinajstić information content (AvgIpc) is 2.46. The van der Waals surface area contributed by atoms with Gasteiger partial charge in [-0.25, -0.2) is 0 Å². The summed E-state index contributed by atoms with van der Waals surface area (Å²) in [6, 6.07) is 12.7. The third-order valence-electron chi connectivity index (χ3n) is 2.63. The Morgan fingerprint density at radius 3 is 1.90 bits per heavy atom. The van der Waals surface area contributed by atoms with Crippen LogP contribution in [0, 0.1) is 0 Å². The zero-order valence-corrected chi connectivity index (χ0v) is 12.3. The van der Waals surface area contributed by atoms with Gasteiger partial charge in [-0.1, -0.05) is 30.3 Å². The second-order valence-corrected chi connectivity index (χ2v) is 7.19. The maximum atomic E-state index is 11.9. The number of hydrogen-bond donors (Lipinski definition) is 1. The van der Waals surface area contributed by atoms with Gasteiger partial charge in [0.25, 0.3) is 20.2 Å². The Bertz CT molecular complexity index is 809. The maximum Gasteiger partial charge on any atom is 0.297 e. The molecule has 0 bridgehead atoms. The predicted octanol–water partition coefficient (Wildman–Crippen LogP) is 1.84. The molecule has 2 aromatic carbocycles. The van der Waals surface area contributed by atoms with Gasteiger partial charge in [-0.05, 0) is 29.8 Å². The van der Waals surface area contributed by atoms with E-state index in [0.717, 1.165) is 0 Å².